The van der Waals surface area contributed by atoms with Gasteiger partial charge in [0, 0.05) is 11.8 Å². The molecule has 4 fully saturated rings. The van der Waals surface area contributed by atoms with Crippen molar-refractivity contribution in [2.24, 2.45) is 29.6 Å². The Bertz CT molecular complexity index is 833. The predicted molar refractivity (Wildman–Crippen MR) is 122 cm³/mol. The molecule has 4 aliphatic rings. The number of hydrogen-bond donors (Lipinski definition) is 0. The average molecular weight is 390 g/mol. The molecule has 2 aromatic rings. The fourth-order valence-corrected chi connectivity index (χ4v) is 8.44. The van der Waals surface area contributed by atoms with E-state index in [-0.39, 0.29) is 0 Å². The van der Waals surface area contributed by atoms with Crippen molar-refractivity contribution < 1.29 is 0 Å². The fraction of sp³-hybridized carbons (Fsp3) is 0.577. The Morgan fingerprint density at radius 1 is 0.893 bits per heavy atom. The zero-order valence-electron chi connectivity index (χ0n) is 18.0. The molecule has 0 saturated heterocycles. The summed E-state index contributed by atoms with van der Waals surface area (Å²) in [5.74, 6) is 5.06. The van der Waals surface area contributed by atoms with E-state index in [1.807, 2.05) is 0 Å². The normalized spacial score (nSPS) is 31.4. The summed E-state index contributed by atoms with van der Waals surface area (Å²) >= 11 is 0. The molecule has 0 radical (unpaired) electrons. The van der Waals surface area contributed by atoms with Crippen LogP contribution in [0.3, 0.4) is 0 Å². The molecule has 0 atom stereocenters. The maximum absolute atomic E-state index is 4.92. The lowest BCUT2D eigenvalue weighted by molar-refractivity contribution is -0.0359. The van der Waals surface area contributed by atoms with Gasteiger partial charge in [-0.2, -0.15) is 0 Å². The largest absolute Gasteiger partial charge is 0.256 e. The molecule has 4 bridgehead atoms. The third-order valence-electron chi connectivity index (χ3n) is 8.02. The minimum absolute atomic E-state index is 0.927. The van der Waals surface area contributed by atoms with Crippen LogP contribution in [0.4, 0.5) is 0 Å². The molecule has 6 rings (SSSR count). The third-order valence-corrected chi connectivity index (χ3v) is 10.1. The average Bonchev–Trinajstić information content (AvgIpc) is 2.64. The summed E-state index contributed by atoms with van der Waals surface area (Å²) in [6.07, 6.45) is 11.2. The van der Waals surface area contributed by atoms with E-state index >= 15 is 0 Å². The lowest BCUT2D eigenvalue weighted by Crippen LogP contribution is -2.47. The van der Waals surface area contributed by atoms with Gasteiger partial charge in [0.25, 0.3) is 0 Å². The molecule has 0 unspecified atom stereocenters. The zero-order valence-corrected chi connectivity index (χ0v) is 19.0. The summed E-state index contributed by atoms with van der Waals surface area (Å²) in [4.78, 5) is 4.92. The van der Waals surface area contributed by atoms with E-state index in [0.717, 1.165) is 29.6 Å². The summed E-state index contributed by atoms with van der Waals surface area (Å²) in [5.41, 5.74) is 5.37. The van der Waals surface area contributed by atoms with Crippen LogP contribution in [0.5, 0.6) is 0 Å². The molecule has 0 aliphatic heterocycles. The Kier molecular flexibility index (Phi) is 4.54. The van der Waals surface area contributed by atoms with Gasteiger partial charge in [-0.15, -0.1) is 0 Å². The molecule has 1 heterocycles. The number of hydrogen-bond acceptors (Lipinski definition) is 1. The minimum atomic E-state index is -1.40. The second-order valence-electron chi connectivity index (χ2n) is 11.1. The standard InChI is InChI=1S/C26H35NSi/c1-17-5-7-20(8-6-17)25-15-23(26(16-27-25)28(2,3)4)14-24-21-10-18-9-19(12-21)13-22(24)11-18/h5-8,15-16,18-19,21-22,24H,9-14H2,1-4H3. The maximum Gasteiger partial charge on any atom is 0.0799 e. The van der Waals surface area contributed by atoms with Crippen LogP contribution >= 0.6 is 0 Å². The van der Waals surface area contributed by atoms with E-state index in [9.17, 15) is 0 Å². The number of aromatic nitrogens is 1. The SMILES string of the molecule is Cc1ccc(-c2cc(CC3C4CC5CC(C4)CC3C5)c([Si](C)(C)C)cn2)cc1. The van der Waals surface area contributed by atoms with Gasteiger partial charge in [-0.25, -0.2) is 0 Å². The van der Waals surface area contributed by atoms with Gasteiger partial charge in [0.1, 0.15) is 0 Å². The van der Waals surface area contributed by atoms with Gasteiger partial charge in [-0.3, -0.25) is 4.98 Å². The number of rotatable bonds is 4. The Hall–Kier alpha value is -1.41. The fourth-order valence-electron chi connectivity index (χ4n) is 6.85. The zero-order chi connectivity index (χ0) is 19.5. The highest BCUT2D eigenvalue weighted by molar-refractivity contribution is 6.89. The first-order chi connectivity index (χ1) is 13.4. The van der Waals surface area contributed by atoms with Crippen molar-refractivity contribution in [3.8, 4) is 11.3 Å². The summed E-state index contributed by atoms with van der Waals surface area (Å²) in [6, 6.07) is 11.3. The Morgan fingerprint density at radius 3 is 2.07 bits per heavy atom. The molecule has 4 saturated carbocycles. The van der Waals surface area contributed by atoms with Gasteiger partial charge in [0.15, 0.2) is 0 Å². The molecule has 0 amide bonds. The molecule has 148 valence electrons. The van der Waals surface area contributed by atoms with Gasteiger partial charge in [0.05, 0.1) is 13.8 Å². The van der Waals surface area contributed by atoms with Gasteiger partial charge in [-0.05, 0) is 91.9 Å². The maximum atomic E-state index is 4.92. The first kappa shape index (κ1) is 18.6. The van der Waals surface area contributed by atoms with E-state index in [2.05, 4.69) is 63.1 Å². The van der Waals surface area contributed by atoms with Crippen LogP contribution in [0.25, 0.3) is 11.3 Å². The molecule has 0 spiro atoms. The van der Waals surface area contributed by atoms with E-state index in [1.165, 1.54) is 48.9 Å². The van der Waals surface area contributed by atoms with Crippen molar-refractivity contribution in [3.05, 3.63) is 47.7 Å². The molecule has 1 nitrogen and oxygen atoms in total. The number of nitrogens with zero attached hydrogens (tertiary/aromatic N) is 1. The van der Waals surface area contributed by atoms with Crippen molar-refractivity contribution in [1.29, 1.82) is 0 Å². The van der Waals surface area contributed by atoms with E-state index in [1.54, 1.807) is 17.2 Å². The molecule has 1 aromatic heterocycles. The van der Waals surface area contributed by atoms with E-state index in [4.69, 9.17) is 4.98 Å². The summed E-state index contributed by atoms with van der Waals surface area (Å²) in [6.45, 7) is 9.60. The van der Waals surface area contributed by atoms with Gasteiger partial charge in [0.2, 0.25) is 0 Å². The van der Waals surface area contributed by atoms with Gasteiger partial charge in [-0.1, -0.05) is 49.5 Å². The highest BCUT2D eigenvalue weighted by Crippen LogP contribution is 2.57. The first-order valence-corrected chi connectivity index (χ1v) is 14.9. The smallest absolute Gasteiger partial charge is 0.0799 e. The highest BCUT2D eigenvalue weighted by Gasteiger charge is 2.48. The van der Waals surface area contributed by atoms with Crippen LogP contribution < -0.4 is 5.19 Å². The first-order valence-electron chi connectivity index (χ1n) is 11.4. The van der Waals surface area contributed by atoms with Crippen LogP contribution in [0, 0.1) is 36.5 Å². The highest BCUT2D eigenvalue weighted by atomic mass is 28.3. The molecular weight excluding hydrogens is 354 g/mol. The topological polar surface area (TPSA) is 12.9 Å². The second kappa shape index (κ2) is 6.83. The molecule has 28 heavy (non-hydrogen) atoms. The second-order valence-corrected chi connectivity index (χ2v) is 16.2. The lowest BCUT2D eigenvalue weighted by Gasteiger charge is -2.54. The van der Waals surface area contributed by atoms with Crippen molar-refractivity contribution in [3.63, 3.8) is 0 Å². The summed E-state index contributed by atoms with van der Waals surface area (Å²) in [7, 11) is -1.40. The monoisotopic (exact) mass is 389 g/mol. The number of pyridine rings is 1. The van der Waals surface area contributed by atoms with E-state index < -0.39 is 8.07 Å². The molecule has 1 aromatic carbocycles. The van der Waals surface area contributed by atoms with Crippen LogP contribution in [0.1, 0.15) is 43.2 Å². The Morgan fingerprint density at radius 2 is 1.50 bits per heavy atom. The van der Waals surface area contributed by atoms with Crippen molar-refractivity contribution in [2.75, 3.05) is 0 Å². The predicted octanol–water partition coefficient (Wildman–Crippen LogP) is 6.22. The van der Waals surface area contributed by atoms with Crippen LogP contribution in [0.15, 0.2) is 36.5 Å². The lowest BCUT2D eigenvalue weighted by atomic mass is 9.51. The van der Waals surface area contributed by atoms with Crippen LogP contribution in [0.2, 0.25) is 19.6 Å². The molecule has 2 heteroatoms. The van der Waals surface area contributed by atoms with E-state index in [0.29, 0.717) is 0 Å². The Balaban J connectivity index is 1.49. The Labute approximate surface area is 172 Å². The van der Waals surface area contributed by atoms with Gasteiger partial charge < -0.3 is 0 Å². The molecule has 0 N–H and O–H groups in total. The third kappa shape index (κ3) is 3.38. The van der Waals surface area contributed by atoms with Gasteiger partial charge >= 0.3 is 0 Å². The summed E-state index contributed by atoms with van der Waals surface area (Å²) < 4.78 is 0. The van der Waals surface area contributed by atoms with Crippen molar-refractivity contribution >= 4 is 13.3 Å². The molecular formula is C26H35NSi. The van der Waals surface area contributed by atoms with Crippen molar-refractivity contribution in [1.82, 2.24) is 4.98 Å². The van der Waals surface area contributed by atoms with Crippen LogP contribution in [-0.4, -0.2) is 13.1 Å². The van der Waals surface area contributed by atoms with Crippen molar-refractivity contribution in [2.45, 2.75) is 65.1 Å². The molecule has 4 aliphatic carbocycles. The number of aryl methyl sites for hydroxylation is 1. The minimum Gasteiger partial charge on any atom is -0.256 e. The number of benzene rings is 1. The summed E-state index contributed by atoms with van der Waals surface area (Å²) in [5, 5.41) is 1.59. The quantitative estimate of drug-likeness (QED) is 0.566. The van der Waals surface area contributed by atoms with Crippen LogP contribution in [-0.2, 0) is 6.42 Å².